The Morgan fingerprint density at radius 3 is 2.64 bits per heavy atom. The van der Waals surface area contributed by atoms with Gasteiger partial charge in [-0.2, -0.15) is 4.99 Å². The molecule has 14 heavy (non-hydrogen) atoms. The molecule has 0 spiro atoms. The summed E-state index contributed by atoms with van der Waals surface area (Å²) in [6.07, 6.45) is 4.26. The zero-order chi connectivity index (χ0) is 10.6. The Morgan fingerprint density at radius 2 is 1.93 bits per heavy atom. The maximum absolute atomic E-state index is 11.4. The molecule has 2 rings (SSSR count). The number of carbonyl (C=O) groups is 1. The quantitative estimate of drug-likeness (QED) is 0.584. The van der Waals surface area contributed by atoms with Gasteiger partial charge in [-0.05, 0) is 26.2 Å². The fourth-order valence-electron chi connectivity index (χ4n) is 1.87. The molecule has 1 amide bonds. The summed E-state index contributed by atoms with van der Waals surface area (Å²) in [6.45, 7) is 5.79. The van der Waals surface area contributed by atoms with E-state index in [2.05, 4.69) is 9.98 Å². The van der Waals surface area contributed by atoms with Crippen LogP contribution in [0.15, 0.2) is 9.98 Å². The van der Waals surface area contributed by atoms with Crippen LogP contribution in [-0.2, 0) is 4.79 Å². The van der Waals surface area contributed by atoms with E-state index in [0.717, 1.165) is 25.0 Å². The molecule has 2 aliphatic rings. The molecule has 1 fully saturated rings. The molecular formula is C11H18N2O. The molecule has 0 aromatic heterocycles. The first-order chi connectivity index (χ1) is 6.77. The lowest BCUT2D eigenvalue weighted by atomic mass is 9.86. The topological polar surface area (TPSA) is 41.8 Å². The fraction of sp³-hybridized carbons (Fsp3) is 0.727. The molecule has 78 valence electrons. The molecule has 0 aromatic carbocycles. The van der Waals surface area contributed by atoms with Gasteiger partial charge >= 0.3 is 0 Å². The van der Waals surface area contributed by atoms with Gasteiger partial charge < -0.3 is 0 Å². The maximum Gasteiger partial charge on any atom is 0.256 e. The molecule has 0 saturated heterocycles. The predicted octanol–water partition coefficient (Wildman–Crippen LogP) is 2.60. The second-order valence-corrected chi connectivity index (χ2v) is 3.40. The molecule has 1 aliphatic heterocycles. The van der Waals surface area contributed by atoms with Crippen LogP contribution in [0.25, 0.3) is 0 Å². The molecule has 1 heterocycles. The summed E-state index contributed by atoms with van der Waals surface area (Å²) in [6, 6.07) is 0. The van der Waals surface area contributed by atoms with Crippen LogP contribution in [-0.4, -0.2) is 17.5 Å². The Hall–Kier alpha value is -0.990. The van der Waals surface area contributed by atoms with E-state index in [0.29, 0.717) is 5.84 Å². The minimum atomic E-state index is 0.0252. The van der Waals surface area contributed by atoms with Crippen molar-refractivity contribution in [2.24, 2.45) is 15.9 Å². The second kappa shape index (κ2) is 5.03. The average Bonchev–Trinajstić information content (AvgIpc) is 2.20. The third-order valence-electron chi connectivity index (χ3n) is 2.45. The highest BCUT2D eigenvalue weighted by Gasteiger charge is 2.29. The number of fused-ring (bicyclic) bond motifs is 1. The standard InChI is InChI=1S/C9H12N2O.C2H6/c1-6-10-8-5-3-2-4-7(8)9(12)11-6;1-2/h7H,2-5H2,1H3;1-2H3. The Morgan fingerprint density at radius 1 is 1.21 bits per heavy atom. The van der Waals surface area contributed by atoms with E-state index in [1.54, 1.807) is 6.92 Å². The molecule has 0 aromatic rings. The Bertz CT molecular complexity index is 279. The van der Waals surface area contributed by atoms with Gasteiger partial charge in [0.05, 0.1) is 5.92 Å². The van der Waals surface area contributed by atoms with Crippen molar-refractivity contribution in [2.45, 2.75) is 46.5 Å². The lowest BCUT2D eigenvalue weighted by Gasteiger charge is -2.23. The molecule has 1 saturated carbocycles. The average molecular weight is 194 g/mol. The molecule has 0 N–H and O–H groups in total. The Balaban J connectivity index is 0.000000461. The van der Waals surface area contributed by atoms with E-state index in [9.17, 15) is 4.79 Å². The molecule has 3 heteroatoms. The number of hydrogen-bond donors (Lipinski definition) is 0. The smallest absolute Gasteiger partial charge is 0.256 e. The van der Waals surface area contributed by atoms with Crippen molar-refractivity contribution < 1.29 is 4.79 Å². The summed E-state index contributed by atoms with van der Waals surface area (Å²) in [5.41, 5.74) is 1.07. The number of rotatable bonds is 0. The van der Waals surface area contributed by atoms with Crippen LogP contribution in [0.3, 0.4) is 0 Å². The molecule has 1 atom stereocenters. The van der Waals surface area contributed by atoms with Crippen LogP contribution in [0.4, 0.5) is 0 Å². The van der Waals surface area contributed by atoms with Crippen molar-refractivity contribution in [3.8, 4) is 0 Å². The van der Waals surface area contributed by atoms with Gasteiger partial charge in [0.25, 0.3) is 5.91 Å². The lowest BCUT2D eigenvalue weighted by molar-refractivity contribution is -0.120. The Kier molecular flexibility index (Phi) is 3.98. The third kappa shape index (κ3) is 2.28. The van der Waals surface area contributed by atoms with Gasteiger partial charge in [0.15, 0.2) is 0 Å². The van der Waals surface area contributed by atoms with Gasteiger partial charge in [0.1, 0.15) is 5.84 Å². The van der Waals surface area contributed by atoms with Gasteiger partial charge in [-0.15, -0.1) is 0 Å². The molecule has 0 bridgehead atoms. The van der Waals surface area contributed by atoms with E-state index < -0.39 is 0 Å². The van der Waals surface area contributed by atoms with Crippen molar-refractivity contribution in [1.82, 2.24) is 0 Å². The van der Waals surface area contributed by atoms with Crippen LogP contribution >= 0.6 is 0 Å². The highest BCUT2D eigenvalue weighted by atomic mass is 16.1. The van der Waals surface area contributed by atoms with Gasteiger partial charge in [0.2, 0.25) is 0 Å². The SMILES string of the molecule is CC.CC1=NC(=O)C2CCCCC2=N1. The maximum atomic E-state index is 11.4. The summed E-state index contributed by atoms with van der Waals surface area (Å²) >= 11 is 0. The van der Waals surface area contributed by atoms with E-state index in [1.165, 1.54) is 6.42 Å². The number of amidine groups is 1. The van der Waals surface area contributed by atoms with Crippen molar-refractivity contribution in [2.75, 3.05) is 0 Å². The zero-order valence-corrected chi connectivity index (χ0v) is 9.21. The summed E-state index contributed by atoms with van der Waals surface area (Å²) < 4.78 is 0. The molecule has 1 unspecified atom stereocenters. The summed E-state index contributed by atoms with van der Waals surface area (Å²) in [4.78, 5) is 19.5. The molecule has 0 radical (unpaired) electrons. The highest BCUT2D eigenvalue weighted by molar-refractivity contribution is 6.15. The van der Waals surface area contributed by atoms with E-state index in [1.807, 2.05) is 13.8 Å². The number of nitrogens with zero attached hydrogens (tertiary/aromatic N) is 2. The van der Waals surface area contributed by atoms with Gasteiger partial charge in [-0.3, -0.25) is 4.79 Å². The summed E-state index contributed by atoms with van der Waals surface area (Å²) in [5.74, 6) is 0.688. The van der Waals surface area contributed by atoms with Crippen LogP contribution in [0.1, 0.15) is 46.5 Å². The number of amides is 1. The molecule has 3 nitrogen and oxygen atoms in total. The lowest BCUT2D eigenvalue weighted by Crippen LogP contribution is -2.30. The first-order valence-corrected chi connectivity index (χ1v) is 5.44. The summed E-state index contributed by atoms with van der Waals surface area (Å²) in [5, 5.41) is 0. The first kappa shape index (κ1) is 11.1. The number of carbonyl (C=O) groups excluding carboxylic acids is 1. The van der Waals surface area contributed by atoms with Gasteiger partial charge in [-0.25, -0.2) is 4.99 Å². The first-order valence-electron chi connectivity index (χ1n) is 5.44. The van der Waals surface area contributed by atoms with Crippen LogP contribution in [0.5, 0.6) is 0 Å². The Labute approximate surface area is 85.3 Å². The minimum Gasteiger partial charge on any atom is -0.272 e. The highest BCUT2D eigenvalue weighted by Crippen LogP contribution is 2.25. The largest absolute Gasteiger partial charge is 0.272 e. The van der Waals surface area contributed by atoms with Crippen LogP contribution < -0.4 is 0 Å². The van der Waals surface area contributed by atoms with Crippen LogP contribution in [0, 0.1) is 5.92 Å². The van der Waals surface area contributed by atoms with E-state index in [-0.39, 0.29) is 11.8 Å². The van der Waals surface area contributed by atoms with Crippen molar-refractivity contribution >= 4 is 17.5 Å². The predicted molar refractivity (Wildman–Crippen MR) is 58.9 cm³/mol. The fourth-order valence-corrected chi connectivity index (χ4v) is 1.87. The normalized spacial score (nSPS) is 25.4. The van der Waals surface area contributed by atoms with Crippen molar-refractivity contribution in [1.29, 1.82) is 0 Å². The van der Waals surface area contributed by atoms with Gasteiger partial charge in [-0.1, -0.05) is 20.3 Å². The number of hydrogen-bond acceptors (Lipinski definition) is 2. The second-order valence-electron chi connectivity index (χ2n) is 3.40. The molecule has 1 aliphatic carbocycles. The van der Waals surface area contributed by atoms with Crippen molar-refractivity contribution in [3.63, 3.8) is 0 Å². The van der Waals surface area contributed by atoms with E-state index in [4.69, 9.17) is 0 Å². The third-order valence-corrected chi connectivity index (χ3v) is 2.45. The van der Waals surface area contributed by atoms with Crippen LogP contribution in [0.2, 0.25) is 0 Å². The molecular weight excluding hydrogens is 176 g/mol. The monoisotopic (exact) mass is 194 g/mol. The van der Waals surface area contributed by atoms with E-state index >= 15 is 0 Å². The zero-order valence-electron chi connectivity index (χ0n) is 9.21. The van der Waals surface area contributed by atoms with Crippen molar-refractivity contribution in [3.05, 3.63) is 0 Å². The number of aliphatic imine (C=N–C) groups is 2. The van der Waals surface area contributed by atoms with Gasteiger partial charge in [0, 0.05) is 5.71 Å². The minimum absolute atomic E-state index is 0.0252. The summed E-state index contributed by atoms with van der Waals surface area (Å²) in [7, 11) is 0.